The molecule has 132 valence electrons. The Labute approximate surface area is 141 Å². The molecule has 0 aliphatic rings. The molecule has 25 heavy (non-hydrogen) atoms. The van der Waals surface area contributed by atoms with Gasteiger partial charge in [-0.1, -0.05) is 0 Å². The molecule has 0 aliphatic carbocycles. The van der Waals surface area contributed by atoms with Crippen LogP contribution in [-0.4, -0.2) is 24.0 Å². The lowest BCUT2D eigenvalue weighted by molar-refractivity contribution is -0.384. The van der Waals surface area contributed by atoms with Crippen LogP contribution in [0.2, 0.25) is 0 Å². The molecule has 7 nitrogen and oxygen atoms in total. The summed E-state index contributed by atoms with van der Waals surface area (Å²) in [6.07, 6.45) is -1.04. The van der Waals surface area contributed by atoms with Gasteiger partial charge in [-0.15, -0.1) is 0 Å². The highest BCUT2D eigenvalue weighted by Gasteiger charge is 2.19. The number of carbonyl (C=O) groups is 1. The van der Waals surface area contributed by atoms with E-state index in [4.69, 9.17) is 9.47 Å². The molecule has 0 heterocycles. The van der Waals surface area contributed by atoms with Gasteiger partial charge in [-0.05, 0) is 25.1 Å². The van der Waals surface area contributed by atoms with Crippen molar-refractivity contribution in [3.8, 4) is 11.5 Å². The summed E-state index contributed by atoms with van der Waals surface area (Å²) in [6.45, 7) is 1.41. The maximum Gasteiger partial charge on any atom is 0.273 e. The van der Waals surface area contributed by atoms with E-state index in [2.05, 4.69) is 5.32 Å². The number of nitrogens with one attached hydrogen (secondary N) is 1. The number of anilines is 1. The molecule has 0 spiro atoms. The zero-order chi connectivity index (χ0) is 18.6. The van der Waals surface area contributed by atoms with Crippen molar-refractivity contribution in [1.82, 2.24) is 0 Å². The van der Waals surface area contributed by atoms with Gasteiger partial charge in [0.15, 0.2) is 17.7 Å². The van der Waals surface area contributed by atoms with Gasteiger partial charge in [0.2, 0.25) is 0 Å². The normalized spacial score (nSPS) is 11.5. The Morgan fingerprint density at radius 2 is 1.92 bits per heavy atom. The Hall–Kier alpha value is -3.23. The number of hydrogen-bond donors (Lipinski definition) is 1. The number of nitro benzene ring substituents is 1. The molecular formula is C16H14F2N2O5. The summed E-state index contributed by atoms with van der Waals surface area (Å²) in [6, 6.07) is 6.59. The summed E-state index contributed by atoms with van der Waals surface area (Å²) in [5.74, 6) is -2.64. The molecule has 0 saturated heterocycles. The Kier molecular flexibility index (Phi) is 5.48. The number of carbonyl (C=O) groups excluding carboxylic acids is 1. The van der Waals surface area contributed by atoms with E-state index in [9.17, 15) is 23.7 Å². The fourth-order valence-corrected chi connectivity index (χ4v) is 1.94. The molecule has 0 bridgehead atoms. The number of benzene rings is 2. The Morgan fingerprint density at radius 1 is 1.20 bits per heavy atom. The van der Waals surface area contributed by atoms with E-state index in [0.717, 1.165) is 18.2 Å². The molecule has 0 fully saturated rings. The van der Waals surface area contributed by atoms with Crippen molar-refractivity contribution in [1.29, 1.82) is 0 Å². The van der Waals surface area contributed by atoms with Crippen LogP contribution in [0.15, 0.2) is 36.4 Å². The molecule has 0 saturated carbocycles. The van der Waals surface area contributed by atoms with E-state index in [0.29, 0.717) is 0 Å². The lowest BCUT2D eigenvalue weighted by Crippen LogP contribution is -2.30. The van der Waals surface area contributed by atoms with Crippen LogP contribution >= 0.6 is 0 Å². The van der Waals surface area contributed by atoms with Gasteiger partial charge in [0.05, 0.1) is 23.8 Å². The number of halogens is 2. The Morgan fingerprint density at radius 3 is 2.52 bits per heavy atom. The van der Waals surface area contributed by atoms with Gasteiger partial charge in [0, 0.05) is 12.1 Å². The van der Waals surface area contributed by atoms with Crippen molar-refractivity contribution in [3.63, 3.8) is 0 Å². The first-order valence-corrected chi connectivity index (χ1v) is 7.07. The minimum absolute atomic E-state index is 0.0165. The Balaban J connectivity index is 2.10. The Bertz CT molecular complexity index is 813. The van der Waals surface area contributed by atoms with Crippen LogP contribution in [0.5, 0.6) is 11.5 Å². The SMILES string of the molecule is COc1cc([N+](=O)[O-])ccc1NC(=O)[C@@H](C)Oc1ccc(F)c(F)c1. The molecule has 0 aromatic heterocycles. The second kappa shape index (κ2) is 7.56. The maximum atomic E-state index is 13.2. The first kappa shape index (κ1) is 18.1. The van der Waals surface area contributed by atoms with Gasteiger partial charge in [-0.3, -0.25) is 14.9 Å². The van der Waals surface area contributed by atoms with E-state index >= 15 is 0 Å². The highest BCUT2D eigenvalue weighted by atomic mass is 19.2. The summed E-state index contributed by atoms with van der Waals surface area (Å²) >= 11 is 0. The number of hydrogen-bond acceptors (Lipinski definition) is 5. The highest BCUT2D eigenvalue weighted by molar-refractivity contribution is 5.95. The van der Waals surface area contributed by atoms with Crippen LogP contribution in [-0.2, 0) is 4.79 Å². The first-order valence-electron chi connectivity index (χ1n) is 7.07. The van der Waals surface area contributed by atoms with Gasteiger partial charge >= 0.3 is 0 Å². The summed E-state index contributed by atoms with van der Waals surface area (Å²) in [5, 5.41) is 13.2. The van der Waals surface area contributed by atoms with Crippen molar-refractivity contribution < 1.29 is 28.0 Å². The average molecular weight is 352 g/mol. The van der Waals surface area contributed by atoms with E-state index in [1.165, 1.54) is 32.2 Å². The fourth-order valence-electron chi connectivity index (χ4n) is 1.94. The smallest absolute Gasteiger partial charge is 0.273 e. The first-order chi connectivity index (χ1) is 11.8. The number of amides is 1. The molecule has 1 N–H and O–H groups in total. The van der Waals surface area contributed by atoms with Crippen molar-refractivity contribution in [2.75, 3.05) is 12.4 Å². The number of rotatable bonds is 6. The third kappa shape index (κ3) is 4.40. The lowest BCUT2D eigenvalue weighted by atomic mass is 10.2. The number of nitrogens with zero attached hydrogens (tertiary/aromatic N) is 1. The topological polar surface area (TPSA) is 90.7 Å². The molecular weight excluding hydrogens is 338 g/mol. The van der Waals surface area contributed by atoms with Gasteiger partial charge < -0.3 is 14.8 Å². The fraction of sp³-hybridized carbons (Fsp3) is 0.188. The van der Waals surface area contributed by atoms with Gasteiger partial charge in [0.1, 0.15) is 11.5 Å². The zero-order valence-corrected chi connectivity index (χ0v) is 13.3. The highest BCUT2D eigenvalue weighted by Crippen LogP contribution is 2.29. The quantitative estimate of drug-likeness (QED) is 0.636. The molecule has 1 atom stereocenters. The number of ether oxygens (including phenoxy) is 2. The largest absolute Gasteiger partial charge is 0.494 e. The molecule has 1 amide bonds. The maximum absolute atomic E-state index is 13.2. The minimum Gasteiger partial charge on any atom is -0.494 e. The standard InChI is InChI=1S/C16H14F2N2O5/c1-9(25-11-4-5-12(17)13(18)8-11)16(21)19-14-6-3-10(20(22)23)7-15(14)24-2/h3-9H,1-2H3,(H,19,21)/t9-/m1/s1. The van der Waals surface area contributed by atoms with Crippen molar-refractivity contribution >= 4 is 17.3 Å². The molecule has 0 unspecified atom stereocenters. The van der Waals surface area contributed by atoms with Crippen LogP contribution < -0.4 is 14.8 Å². The van der Waals surface area contributed by atoms with Crippen LogP contribution in [0.25, 0.3) is 0 Å². The minimum atomic E-state index is -1.10. The molecule has 2 aromatic carbocycles. The monoisotopic (exact) mass is 352 g/mol. The molecule has 0 radical (unpaired) electrons. The third-order valence-corrected chi connectivity index (χ3v) is 3.23. The number of nitro groups is 1. The lowest BCUT2D eigenvalue weighted by Gasteiger charge is -2.16. The summed E-state index contributed by atoms with van der Waals surface area (Å²) < 4.78 is 36.3. The predicted molar refractivity (Wildman–Crippen MR) is 84.7 cm³/mol. The van der Waals surface area contributed by atoms with E-state index < -0.39 is 28.6 Å². The van der Waals surface area contributed by atoms with Crippen molar-refractivity contribution in [2.45, 2.75) is 13.0 Å². The number of non-ortho nitro benzene ring substituents is 1. The predicted octanol–water partition coefficient (Wildman–Crippen LogP) is 3.29. The van der Waals surface area contributed by atoms with E-state index in [1.807, 2.05) is 0 Å². The van der Waals surface area contributed by atoms with E-state index in [1.54, 1.807) is 0 Å². The van der Waals surface area contributed by atoms with Crippen LogP contribution in [0, 0.1) is 21.7 Å². The molecule has 0 aliphatic heterocycles. The van der Waals surface area contributed by atoms with Crippen LogP contribution in [0.3, 0.4) is 0 Å². The van der Waals surface area contributed by atoms with Crippen LogP contribution in [0.4, 0.5) is 20.2 Å². The summed E-state index contributed by atoms with van der Waals surface area (Å²) in [4.78, 5) is 22.3. The summed E-state index contributed by atoms with van der Waals surface area (Å²) in [5.41, 5.74) is 0.0137. The second-order valence-corrected chi connectivity index (χ2v) is 4.97. The molecule has 2 rings (SSSR count). The van der Waals surface area contributed by atoms with E-state index in [-0.39, 0.29) is 22.9 Å². The van der Waals surface area contributed by atoms with Crippen molar-refractivity contribution in [3.05, 3.63) is 58.1 Å². The second-order valence-electron chi connectivity index (χ2n) is 4.97. The van der Waals surface area contributed by atoms with Gasteiger partial charge in [-0.2, -0.15) is 0 Å². The molecule has 2 aromatic rings. The van der Waals surface area contributed by atoms with Crippen molar-refractivity contribution in [2.24, 2.45) is 0 Å². The number of methoxy groups -OCH3 is 1. The van der Waals surface area contributed by atoms with Crippen LogP contribution in [0.1, 0.15) is 6.92 Å². The average Bonchev–Trinajstić information content (AvgIpc) is 2.58. The van der Waals surface area contributed by atoms with Gasteiger partial charge in [-0.25, -0.2) is 8.78 Å². The third-order valence-electron chi connectivity index (χ3n) is 3.23. The summed E-state index contributed by atoms with van der Waals surface area (Å²) in [7, 11) is 1.30. The van der Waals surface area contributed by atoms with Gasteiger partial charge in [0.25, 0.3) is 11.6 Å². The molecule has 9 heteroatoms. The zero-order valence-electron chi connectivity index (χ0n) is 13.3.